The number of urea groups is 1. The lowest BCUT2D eigenvalue weighted by Crippen LogP contribution is -2.44. The maximum atomic E-state index is 12.5. The number of halogens is 3. The van der Waals surface area contributed by atoms with Crippen LogP contribution in [-0.4, -0.2) is 25.0 Å². The molecule has 20 heavy (non-hydrogen) atoms. The van der Waals surface area contributed by atoms with Crippen molar-refractivity contribution in [2.75, 3.05) is 12.4 Å². The molecule has 1 aromatic rings. The molecule has 0 aliphatic carbocycles. The quantitative estimate of drug-likeness (QED) is 0.796. The molecule has 8 heteroatoms. The van der Waals surface area contributed by atoms with Crippen LogP contribution in [0.25, 0.3) is 0 Å². The summed E-state index contributed by atoms with van der Waals surface area (Å²) in [4.78, 5) is 22.5. The normalized spacial score (nSPS) is 12.4. The number of carbonyl (C=O) groups is 2. The van der Waals surface area contributed by atoms with E-state index in [9.17, 15) is 22.8 Å². The third-order valence-electron chi connectivity index (χ3n) is 2.43. The van der Waals surface area contributed by atoms with E-state index in [4.69, 9.17) is 0 Å². The molecule has 0 aliphatic rings. The molecule has 1 unspecified atom stereocenters. The van der Waals surface area contributed by atoms with Crippen molar-refractivity contribution >= 4 is 17.6 Å². The molecule has 0 spiro atoms. The molecule has 0 saturated heterocycles. The van der Waals surface area contributed by atoms with Gasteiger partial charge < -0.3 is 10.6 Å². The summed E-state index contributed by atoms with van der Waals surface area (Å²) in [6.07, 6.45) is -4.45. The fraction of sp³-hybridized carbons (Fsp3) is 0.333. The third kappa shape index (κ3) is 4.45. The van der Waals surface area contributed by atoms with Crippen molar-refractivity contribution in [2.45, 2.75) is 19.1 Å². The van der Waals surface area contributed by atoms with E-state index in [1.807, 2.05) is 5.32 Å². The first kappa shape index (κ1) is 15.8. The molecule has 3 N–H and O–H groups in total. The average Bonchev–Trinajstić information content (AvgIpc) is 2.37. The van der Waals surface area contributed by atoms with Gasteiger partial charge in [-0.1, -0.05) is 6.07 Å². The molecule has 0 saturated carbocycles. The Hall–Kier alpha value is -2.25. The molecule has 5 nitrogen and oxygen atoms in total. The van der Waals surface area contributed by atoms with Crippen LogP contribution >= 0.6 is 0 Å². The van der Waals surface area contributed by atoms with Crippen molar-refractivity contribution in [3.63, 3.8) is 0 Å². The van der Waals surface area contributed by atoms with Crippen LogP contribution in [0.3, 0.4) is 0 Å². The number of anilines is 1. The molecule has 110 valence electrons. The molecule has 0 radical (unpaired) electrons. The minimum Gasteiger partial charge on any atom is -0.374 e. The van der Waals surface area contributed by atoms with Gasteiger partial charge in [0.15, 0.2) is 0 Å². The summed E-state index contributed by atoms with van der Waals surface area (Å²) in [5.74, 6) is -0.651. The highest BCUT2D eigenvalue weighted by molar-refractivity contribution is 5.97. The lowest BCUT2D eigenvalue weighted by Gasteiger charge is -2.15. The molecule has 1 rings (SSSR count). The zero-order valence-electron chi connectivity index (χ0n) is 10.8. The molecule has 1 aromatic carbocycles. The van der Waals surface area contributed by atoms with E-state index < -0.39 is 29.7 Å². The van der Waals surface area contributed by atoms with Gasteiger partial charge in [0.25, 0.3) is 0 Å². The van der Waals surface area contributed by atoms with Gasteiger partial charge in [0, 0.05) is 12.7 Å². The van der Waals surface area contributed by atoms with Crippen LogP contribution in [0.4, 0.5) is 23.7 Å². The Morgan fingerprint density at radius 3 is 2.45 bits per heavy atom. The van der Waals surface area contributed by atoms with Crippen molar-refractivity contribution in [3.8, 4) is 0 Å². The topological polar surface area (TPSA) is 70.2 Å². The molecular formula is C12H14F3N3O2. The fourth-order valence-electron chi connectivity index (χ4n) is 1.38. The maximum Gasteiger partial charge on any atom is 0.416 e. The molecular weight excluding hydrogens is 275 g/mol. The number of imide groups is 1. The highest BCUT2D eigenvalue weighted by Crippen LogP contribution is 2.30. The molecule has 0 aromatic heterocycles. The van der Waals surface area contributed by atoms with Gasteiger partial charge in [-0.15, -0.1) is 0 Å². The van der Waals surface area contributed by atoms with Gasteiger partial charge in [0.1, 0.15) is 6.04 Å². The summed E-state index contributed by atoms with van der Waals surface area (Å²) in [5.41, 5.74) is -0.680. The molecule has 3 amide bonds. The predicted molar refractivity (Wildman–Crippen MR) is 67.1 cm³/mol. The second-order valence-corrected chi connectivity index (χ2v) is 4.01. The Bertz CT molecular complexity index is 503. The number of hydrogen-bond acceptors (Lipinski definition) is 3. The first-order valence-electron chi connectivity index (χ1n) is 5.70. The van der Waals surface area contributed by atoms with E-state index in [2.05, 4.69) is 10.6 Å². The number of nitrogens with one attached hydrogen (secondary N) is 3. The Morgan fingerprint density at radius 2 is 1.90 bits per heavy atom. The zero-order valence-corrected chi connectivity index (χ0v) is 10.8. The van der Waals surface area contributed by atoms with Gasteiger partial charge in [0.05, 0.1) is 5.56 Å². The largest absolute Gasteiger partial charge is 0.416 e. The second kappa shape index (κ2) is 6.27. The average molecular weight is 289 g/mol. The Kier molecular flexibility index (Phi) is 4.95. The van der Waals surface area contributed by atoms with E-state index in [1.54, 1.807) is 0 Å². The van der Waals surface area contributed by atoms with Gasteiger partial charge in [-0.2, -0.15) is 13.2 Å². The van der Waals surface area contributed by atoms with Crippen molar-refractivity contribution in [1.29, 1.82) is 0 Å². The summed E-state index contributed by atoms with van der Waals surface area (Å²) in [6, 6.07) is 2.90. The summed E-state index contributed by atoms with van der Waals surface area (Å²) in [5, 5.41) is 6.81. The van der Waals surface area contributed by atoms with E-state index in [-0.39, 0.29) is 5.69 Å². The van der Waals surface area contributed by atoms with Crippen molar-refractivity contribution in [3.05, 3.63) is 29.8 Å². The highest BCUT2D eigenvalue weighted by Gasteiger charge is 2.30. The summed E-state index contributed by atoms with van der Waals surface area (Å²) >= 11 is 0. The van der Waals surface area contributed by atoms with Crippen LogP contribution in [0.1, 0.15) is 12.5 Å². The van der Waals surface area contributed by atoms with Gasteiger partial charge in [-0.25, -0.2) is 4.79 Å². The number of carbonyl (C=O) groups excluding carboxylic acids is 2. The van der Waals surface area contributed by atoms with E-state index >= 15 is 0 Å². The van der Waals surface area contributed by atoms with Crippen molar-refractivity contribution < 1.29 is 22.8 Å². The number of amides is 3. The monoisotopic (exact) mass is 289 g/mol. The van der Waals surface area contributed by atoms with Gasteiger partial charge in [0.2, 0.25) is 5.91 Å². The Labute approximate surface area is 113 Å². The fourth-order valence-corrected chi connectivity index (χ4v) is 1.38. The van der Waals surface area contributed by atoms with Crippen LogP contribution in [0.15, 0.2) is 24.3 Å². The minimum atomic E-state index is -4.45. The van der Waals surface area contributed by atoms with Gasteiger partial charge >= 0.3 is 12.2 Å². The molecule has 0 fully saturated rings. The van der Waals surface area contributed by atoms with E-state index in [1.165, 1.54) is 26.1 Å². The highest BCUT2D eigenvalue weighted by atomic mass is 19.4. The lowest BCUT2D eigenvalue weighted by atomic mass is 10.2. The van der Waals surface area contributed by atoms with E-state index in [0.717, 1.165) is 12.1 Å². The second-order valence-electron chi connectivity index (χ2n) is 4.01. The first-order chi connectivity index (χ1) is 9.24. The van der Waals surface area contributed by atoms with E-state index in [0.29, 0.717) is 0 Å². The van der Waals surface area contributed by atoms with Crippen molar-refractivity contribution in [2.24, 2.45) is 0 Å². The van der Waals surface area contributed by atoms with Crippen LogP contribution in [-0.2, 0) is 11.0 Å². The Balaban J connectivity index is 2.73. The SMILES string of the molecule is CNC(=O)NC(=O)C(C)Nc1cccc(C(F)(F)F)c1. The number of benzene rings is 1. The van der Waals surface area contributed by atoms with Gasteiger partial charge in [-0.05, 0) is 25.1 Å². The first-order valence-corrected chi connectivity index (χ1v) is 5.70. The zero-order chi connectivity index (χ0) is 15.3. The van der Waals surface area contributed by atoms with Crippen LogP contribution in [0, 0.1) is 0 Å². The number of rotatable bonds is 3. The minimum absolute atomic E-state index is 0.138. The molecule has 0 aliphatic heterocycles. The maximum absolute atomic E-state index is 12.5. The summed E-state index contributed by atoms with van der Waals surface area (Å²) < 4.78 is 37.6. The summed E-state index contributed by atoms with van der Waals surface area (Å²) in [7, 11) is 1.34. The smallest absolute Gasteiger partial charge is 0.374 e. The van der Waals surface area contributed by atoms with Gasteiger partial charge in [-0.3, -0.25) is 10.1 Å². The number of alkyl halides is 3. The van der Waals surface area contributed by atoms with Crippen molar-refractivity contribution in [1.82, 2.24) is 10.6 Å². The molecule has 0 bridgehead atoms. The third-order valence-corrected chi connectivity index (χ3v) is 2.43. The molecule has 1 atom stereocenters. The number of hydrogen-bond donors (Lipinski definition) is 3. The summed E-state index contributed by atoms with van der Waals surface area (Å²) in [6.45, 7) is 1.43. The standard InChI is InChI=1S/C12H14F3N3O2/c1-7(10(19)18-11(20)16-2)17-9-5-3-4-8(6-9)12(13,14)15/h3-7,17H,1-2H3,(H2,16,18,19,20). The molecule has 0 heterocycles. The van der Waals surface area contributed by atoms with Crippen LogP contribution in [0.5, 0.6) is 0 Å². The van der Waals surface area contributed by atoms with Crippen LogP contribution < -0.4 is 16.0 Å². The lowest BCUT2D eigenvalue weighted by molar-refractivity contribution is -0.137. The predicted octanol–water partition coefficient (Wildman–Crippen LogP) is 1.96. The Morgan fingerprint density at radius 1 is 1.25 bits per heavy atom. The van der Waals surface area contributed by atoms with Crippen LogP contribution in [0.2, 0.25) is 0 Å².